The van der Waals surface area contributed by atoms with Crippen molar-refractivity contribution in [2.75, 3.05) is 0 Å². The molecule has 110 valence electrons. The monoisotopic (exact) mass is 304 g/mol. The van der Waals surface area contributed by atoms with Crippen molar-refractivity contribution in [1.29, 1.82) is 5.26 Å². The minimum Gasteiger partial charge on any atom is -0.460 e. The van der Waals surface area contributed by atoms with E-state index in [1.165, 1.54) is 4.88 Å². The van der Waals surface area contributed by atoms with Gasteiger partial charge in [0.1, 0.15) is 10.8 Å². The van der Waals surface area contributed by atoms with Gasteiger partial charge in [0, 0.05) is 11.3 Å². The number of benzene rings is 1. The van der Waals surface area contributed by atoms with Crippen LogP contribution in [0.15, 0.2) is 18.2 Å². The standard InChI is InChI=1S/C16H17FN2OS/c1-4-14-10(3)19-16(21-14)12-8-11(9-18)6-7-13(12)20-15(17)5-2/h6-8,15H,4-5H2,1-3H3. The summed E-state index contributed by atoms with van der Waals surface area (Å²) in [5, 5.41) is 9.82. The van der Waals surface area contributed by atoms with E-state index in [1.807, 2.05) is 6.92 Å². The zero-order valence-electron chi connectivity index (χ0n) is 12.3. The van der Waals surface area contributed by atoms with Crippen LogP contribution in [0.2, 0.25) is 0 Å². The molecule has 21 heavy (non-hydrogen) atoms. The van der Waals surface area contributed by atoms with Crippen molar-refractivity contribution in [3.05, 3.63) is 34.3 Å². The topological polar surface area (TPSA) is 45.9 Å². The Morgan fingerprint density at radius 1 is 1.43 bits per heavy atom. The van der Waals surface area contributed by atoms with E-state index in [2.05, 4.69) is 18.0 Å². The molecular formula is C16H17FN2OS. The van der Waals surface area contributed by atoms with Gasteiger partial charge in [-0.1, -0.05) is 13.8 Å². The van der Waals surface area contributed by atoms with Gasteiger partial charge in [-0.3, -0.25) is 0 Å². The second kappa shape index (κ2) is 6.68. The minimum atomic E-state index is -1.36. The molecule has 0 aliphatic heterocycles. The van der Waals surface area contributed by atoms with Gasteiger partial charge in [-0.15, -0.1) is 11.3 Å². The van der Waals surface area contributed by atoms with E-state index in [0.717, 1.165) is 17.1 Å². The van der Waals surface area contributed by atoms with E-state index in [4.69, 9.17) is 10.00 Å². The second-order valence-electron chi connectivity index (χ2n) is 4.64. The van der Waals surface area contributed by atoms with Crippen LogP contribution in [0, 0.1) is 18.3 Å². The maximum absolute atomic E-state index is 13.5. The molecule has 1 heterocycles. The maximum atomic E-state index is 13.5. The lowest BCUT2D eigenvalue weighted by molar-refractivity contribution is 0.0647. The van der Waals surface area contributed by atoms with Crippen LogP contribution in [-0.2, 0) is 6.42 Å². The summed E-state index contributed by atoms with van der Waals surface area (Å²) in [5.41, 5.74) is 2.16. The van der Waals surface area contributed by atoms with Gasteiger partial charge in [-0.05, 0) is 31.5 Å². The Kier molecular flexibility index (Phi) is 4.92. The summed E-state index contributed by atoms with van der Waals surface area (Å²) in [7, 11) is 0. The van der Waals surface area contributed by atoms with Gasteiger partial charge in [0.15, 0.2) is 0 Å². The fraction of sp³-hybridized carbons (Fsp3) is 0.375. The van der Waals surface area contributed by atoms with Gasteiger partial charge in [0.25, 0.3) is 0 Å². The highest BCUT2D eigenvalue weighted by Gasteiger charge is 2.16. The van der Waals surface area contributed by atoms with E-state index >= 15 is 0 Å². The first kappa shape index (κ1) is 15.5. The predicted octanol–water partition coefficient (Wildman–Crippen LogP) is 4.64. The molecule has 1 aromatic heterocycles. The number of aromatic nitrogens is 1. The summed E-state index contributed by atoms with van der Waals surface area (Å²) < 4.78 is 18.9. The van der Waals surface area contributed by atoms with Crippen molar-refractivity contribution in [2.24, 2.45) is 0 Å². The molecular weight excluding hydrogens is 287 g/mol. The molecule has 3 nitrogen and oxygen atoms in total. The lowest BCUT2D eigenvalue weighted by Crippen LogP contribution is -2.08. The quantitative estimate of drug-likeness (QED) is 0.808. The van der Waals surface area contributed by atoms with Crippen LogP contribution in [0.4, 0.5) is 4.39 Å². The first-order valence-corrected chi connectivity index (χ1v) is 7.72. The van der Waals surface area contributed by atoms with E-state index in [9.17, 15) is 4.39 Å². The third kappa shape index (κ3) is 3.40. The summed E-state index contributed by atoms with van der Waals surface area (Å²) in [6, 6.07) is 7.06. The molecule has 0 bridgehead atoms. The Morgan fingerprint density at radius 3 is 2.76 bits per heavy atom. The number of nitrogens with zero attached hydrogens (tertiary/aromatic N) is 2. The SMILES string of the molecule is CCc1sc(-c2cc(C#N)ccc2OC(F)CC)nc1C. The van der Waals surface area contributed by atoms with Crippen LogP contribution in [0.3, 0.4) is 0 Å². The summed E-state index contributed by atoms with van der Waals surface area (Å²) in [6.45, 7) is 5.75. The van der Waals surface area contributed by atoms with Crippen molar-refractivity contribution in [2.45, 2.75) is 40.0 Å². The molecule has 2 rings (SSSR count). The highest BCUT2D eigenvalue weighted by atomic mass is 32.1. The minimum absolute atomic E-state index is 0.274. The number of aryl methyl sites for hydroxylation is 2. The number of ether oxygens (including phenoxy) is 1. The lowest BCUT2D eigenvalue weighted by atomic mass is 10.1. The van der Waals surface area contributed by atoms with Crippen LogP contribution < -0.4 is 4.74 Å². The number of halogens is 1. The third-order valence-corrected chi connectivity index (χ3v) is 4.46. The van der Waals surface area contributed by atoms with Crippen molar-refractivity contribution in [3.63, 3.8) is 0 Å². The van der Waals surface area contributed by atoms with E-state index in [-0.39, 0.29) is 6.42 Å². The van der Waals surface area contributed by atoms with Gasteiger partial charge < -0.3 is 4.74 Å². The molecule has 5 heteroatoms. The van der Waals surface area contributed by atoms with E-state index in [0.29, 0.717) is 16.9 Å². The molecule has 1 aromatic carbocycles. The van der Waals surface area contributed by atoms with Gasteiger partial charge in [0.05, 0.1) is 22.9 Å². The highest BCUT2D eigenvalue weighted by molar-refractivity contribution is 7.15. The van der Waals surface area contributed by atoms with Crippen LogP contribution in [0.5, 0.6) is 5.75 Å². The fourth-order valence-electron chi connectivity index (χ4n) is 1.96. The summed E-state index contributed by atoms with van der Waals surface area (Å²) in [6.07, 6.45) is -0.183. The molecule has 0 aliphatic carbocycles. The largest absolute Gasteiger partial charge is 0.460 e. The molecule has 0 N–H and O–H groups in total. The van der Waals surface area contributed by atoms with Crippen LogP contribution in [0.25, 0.3) is 10.6 Å². The molecule has 0 fully saturated rings. The second-order valence-corrected chi connectivity index (χ2v) is 5.72. The number of hydrogen-bond donors (Lipinski definition) is 0. The lowest BCUT2D eigenvalue weighted by Gasteiger charge is -2.12. The molecule has 1 atom stereocenters. The first-order chi connectivity index (χ1) is 10.1. The first-order valence-electron chi connectivity index (χ1n) is 6.90. The van der Waals surface area contributed by atoms with Crippen molar-refractivity contribution < 1.29 is 9.13 Å². The average molecular weight is 304 g/mol. The Balaban J connectivity index is 2.50. The Labute approximate surface area is 128 Å². The Morgan fingerprint density at radius 2 is 2.19 bits per heavy atom. The molecule has 1 unspecified atom stereocenters. The van der Waals surface area contributed by atoms with Crippen molar-refractivity contribution in [1.82, 2.24) is 4.98 Å². The average Bonchev–Trinajstić information content (AvgIpc) is 2.88. The summed E-state index contributed by atoms with van der Waals surface area (Å²) in [5.74, 6) is 0.430. The van der Waals surface area contributed by atoms with Crippen LogP contribution in [0.1, 0.15) is 36.4 Å². The van der Waals surface area contributed by atoms with E-state index < -0.39 is 6.36 Å². The zero-order valence-corrected chi connectivity index (χ0v) is 13.1. The van der Waals surface area contributed by atoms with Crippen LogP contribution >= 0.6 is 11.3 Å². The van der Waals surface area contributed by atoms with Gasteiger partial charge >= 0.3 is 0 Å². The molecule has 0 amide bonds. The highest BCUT2D eigenvalue weighted by Crippen LogP contribution is 2.36. The fourth-order valence-corrected chi connectivity index (χ4v) is 2.98. The summed E-state index contributed by atoms with van der Waals surface area (Å²) >= 11 is 1.56. The maximum Gasteiger partial charge on any atom is 0.238 e. The molecule has 0 saturated carbocycles. The molecule has 2 aromatic rings. The Hall–Kier alpha value is -1.93. The van der Waals surface area contributed by atoms with Crippen molar-refractivity contribution in [3.8, 4) is 22.4 Å². The van der Waals surface area contributed by atoms with Crippen LogP contribution in [-0.4, -0.2) is 11.3 Å². The number of nitriles is 1. The van der Waals surface area contributed by atoms with Crippen molar-refractivity contribution >= 4 is 11.3 Å². The number of hydrogen-bond acceptors (Lipinski definition) is 4. The van der Waals surface area contributed by atoms with Gasteiger partial charge in [-0.2, -0.15) is 5.26 Å². The molecule has 0 saturated heterocycles. The molecule has 0 spiro atoms. The Bertz CT molecular complexity index is 675. The summed E-state index contributed by atoms with van der Waals surface area (Å²) in [4.78, 5) is 5.71. The smallest absolute Gasteiger partial charge is 0.238 e. The number of alkyl halides is 1. The van der Waals surface area contributed by atoms with E-state index in [1.54, 1.807) is 36.5 Å². The van der Waals surface area contributed by atoms with Gasteiger partial charge in [0.2, 0.25) is 6.36 Å². The normalized spacial score (nSPS) is 12.0. The molecule has 0 radical (unpaired) electrons. The number of rotatable bonds is 5. The molecule has 0 aliphatic rings. The van der Waals surface area contributed by atoms with Gasteiger partial charge in [-0.25, -0.2) is 9.37 Å². The zero-order chi connectivity index (χ0) is 15.4. The predicted molar refractivity (Wildman–Crippen MR) is 82.2 cm³/mol. The number of thiazole rings is 1. The third-order valence-electron chi connectivity index (χ3n) is 3.13.